The molecule has 0 atom stereocenters. The number of hydrogen-bond donors (Lipinski definition) is 0. The van der Waals surface area contributed by atoms with Gasteiger partial charge in [0.2, 0.25) is 5.95 Å². The predicted molar refractivity (Wildman–Crippen MR) is 92.1 cm³/mol. The van der Waals surface area contributed by atoms with Gasteiger partial charge in [0.05, 0.1) is 18.8 Å². The second-order valence-corrected chi connectivity index (χ2v) is 6.04. The summed E-state index contributed by atoms with van der Waals surface area (Å²) in [5.74, 6) is 1.03. The first-order valence-electron chi connectivity index (χ1n) is 8.09. The molecule has 2 aromatic carbocycles. The lowest BCUT2D eigenvalue weighted by molar-refractivity contribution is 0.577. The molecule has 0 unspecified atom stereocenters. The molecule has 1 aromatic heterocycles. The Labute approximate surface area is 142 Å². The fraction of sp³-hybridized carbons (Fsp3) is 0.167. The highest BCUT2D eigenvalue weighted by Gasteiger charge is 2.34. The van der Waals surface area contributed by atoms with E-state index in [0.717, 1.165) is 17.1 Å². The van der Waals surface area contributed by atoms with Crippen LogP contribution in [0.5, 0.6) is 0 Å². The van der Waals surface area contributed by atoms with Gasteiger partial charge in [-0.25, -0.2) is 18.4 Å². The molecule has 3 heterocycles. The second-order valence-electron chi connectivity index (χ2n) is 6.04. The van der Waals surface area contributed by atoms with Crippen LogP contribution in [0.3, 0.4) is 0 Å². The first kappa shape index (κ1) is 14.2. The van der Waals surface area contributed by atoms with Crippen molar-refractivity contribution in [1.82, 2.24) is 14.3 Å². The number of hydrogen-bond acceptors (Lipinski definition) is 4. The number of anilines is 1. The van der Waals surface area contributed by atoms with Crippen molar-refractivity contribution < 1.29 is 4.39 Å². The number of amidine groups is 1. The number of aliphatic imine (C=N–C) groups is 1. The zero-order valence-corrected chi connectivity index (χ0v) is 13.3. The Bertz CT molecular complexity index is 1080. The van der Waals surface area contributed by atoms with Gasteiger partial charge in [0.1, 0.15) is 11.7 Å². The topological polar surface area (TPSA) is 55.4 Å². The van der Waals surface area contributed by atoms with Gasteiger partial charge in [0, 0.05) is 17.7 Å². The van der Waals surface area contributed by atoms with Crippen molar-refractivity contribution in [2.45, 2.75) is 6.54 Å². The largest absolute Gasteiger partial charge is 0.352 e. The summed E-state index contributed by atoms with van der Waals surface area (Å²) >= 11 is 0. The van der Waals surface area contributed by atoms with E-state index in [9.17, 15) is 9.18 Å². The van der Waals surface area contributed by atoms with Gasteiger partial charge in [-0.3, -0.25) is 9.89 Å². The molecule has 3 aromatic rings. The monoisotopic (exact) mass is 335 g/mol. The van der Waals surface area contributed by atoms with Crippen molar-refractivity contribution in [2.75, 3.05) is 18.0 Å². The van der Waals surface area contributed by atoms with Gasteiger partial charge < -0.3 is 0 Å². The maximum atomic E-state index is 14.0. The molecule has 25 heavy (non-hydrogen) atoms. The fourth-order valence-electron chi connectivity index (χ4n) is 3.40. The number of para-hydroxylation sites is 1. The van der Waals surface area contributed by atoms with Crippen LogP contribution in [0.25, 0.3) is 5.69 Å². The molecule has 0 amide bonds. The minimum Gasteiger partial charge on any atom is -0.293 e. The number of aromatic nitrogens is 3. The van der Waals surface area contributed by atoms with Gasteiger partial charge in [-0.2, -0.15) is 0 Å². The van der Waals surface area contributed by atoms with Gasteiger partial charge in [0.25, 0.3) is 0 Å². The average Bonchev–Trinajstić information content (AvgIpc) is 3.23. The molecule has 2 aliphatic rings. The highest BCUT2D eigenvalue weighted by molar-refractivity contribution is 6.14. The SMILES string of the molecule is O=c1n(Cc2ccccc2F)nc2n1-c1ccccc1C1=NCCN12. The molecule has 0 bridgehead atoms. The van der Waals surface area contributed by atoms with E-state index >= 15 is 0 Å². The Morgan fingerprint density at radius 1 is 1.08 bits per heavy atom. The maximum Gasteiger partial charge on any atom is 0.352 e. The molecule has 2 aliphatic heterocycles. The lowest BCUT2D eigenvalue weighted by Crippen LogP contribution is -2.37. The van der Waals surface area contributed by atoms with Crippen LogP contribution >= 0.6 is 0 Å². The Kier molecular flexibility index (Phi) is 2.91. The third kappa shape index (κ3) is 1.98. The Hall–Kier alpha value is -3.22. The third-order valence-electron chi connectivity index (χ3n) is 4.57. The molecule has 0 spiro atoms. The summed E-state index contributed by atoms with van der Waals surface area (Å²) < 4.78 is 16.9. The van der Waals surface area contributed by atoms with Gasteiger partial charge in [-0.1, -0.05) is 30.3 Å². The molecule has 0 fully saturated rings. The maximum absolute atomic E-state index is 14.0. The van der Waals surface area contributed by atoms with Crippen molar-refractivity contribution in [1.29, 1.82) is 0 Å². The first-order valence-corrected chi connectivity index (χ1v) is 8.09. The summed E-state index contributed by atoms with van der Waals surface area (Å²) in [4.78, 5) is 19.5. The molecule has 0 saturated heterocycles. The highest BCUT2D eigenvalue weighted by Crippen LogP contribution is 2.29. The van der Waals surface area contributed by atoms with Crippen LogP contribution in [0.4, 0.5) is 10.3 Å². The van der Waals surface area contributed by atoms with E-state index in [2.05, 4.69) is 10.1 Å². The molecule has 7 heteroatoms. The van der Waals surface area contributed by atoms with Gasteiger partial charge in [-0.15, -0.1) is 5.10 Å². The summed E-state index contributed by atoms with van der Waals surface area (Å²) in [6.45, 7) is 1.44. The van der Waals surface area contributed by atoms with Gasteiger partial charge in [0.15, 0.2) is 0 Å². The molecule has 6 nitrogen and oxygen atoms in total. The van der Waals surface area contributed by atoms with Gasteiger partial charge in [-0.05, 0) is 18.2 Å². The highest BCUT2D eigenvalue weighted by atomic mass is 19.1. The summed E-state index contributed by atoms with van der Waals surface area (Å²) in [5, 5.41) is 4.47. The number of halogens is 1. The predicted octanol–water partition coefficient (Wildman–Crippen LogP) is 1.80. The molecular formula is C18H14FN5O. The van der Waals surface area contributed by atoms with Crippen molar-refractivity contribution in [3.05, 3.63) is 76.0 Å². The summed E-state index contributed by atoms with van der Waals surface area (Å²) in [7, 11) is 0. The van der Waals surface area contributed by atoms with Gasteiger partial charge >= 0.3 is 5.69 Å². The van der Waals surface area contributed by atoms with E-state index in [1.807, 2.05) is 29.2 Å². The number of benzene rings is 2. The van der Waals surface area contributed by atoms with Crippen molar-refractivity contribution in [2.24, 2.45) is 4.99 Å². The van der Waals surface area contributed by atoms with Crippen molar-refractivity contribution in [3.63, 3.8) is 0 Å². The van der Waals surface area contributed by atoms with Crippen LogP contribution < -0.4 is 10.6 Å². The zero-order chi connectivity index (χ0) is 17.0. The molecule has 0 aliphatic carbocycles. The smallest absolute Gasteiger partial charge is 0.293 e. The molecular weight excluding hydrogens is 321 g/mol. The summed E-state index contributed by atoms with van der Waals surface area (Å²) in [6, 6.07) is 14.1. The van der Waals surface area contributed by atoms with E-state index < -0.39 is 0 Å². The minimum atomic E-state index is -0.343. The average molecular weight is 335 g/mol. The van der Waals surface area contributed by atoms with Crippen LogP contribution in [0.2, 0.25) is 0 Å². The molecule has 5 rings (SSSR count). The molecule has 0 N–H and O–H groups in total. The third-order valence-corrected chi connectivity index (χ3v) is 4.57. The van der Waals surface area contributed by atoms with Crippen LogP contribution in [0, 0.1) is 5.82 Å². The van der Waals surface area contributed by atoms with E-state index in [-0.39, 0.29) is 18.1 Å². The molecule has 0 saturated carbocycles. The van der Waals surface area contributed by atoms with Crippen LogP contribution in [-0.2, 0) is 6.54 Å². The normalized spacial score (nSPS) is 14.8. The second kappa shape index (κ2) is 5.14. The Balaban J connectivity index is 1.70. The first-order chi connectivity index (χ1) is 12.2. The van der Waals surface area contributed by atoms with E-state index in [1.54, 1.807) is 22.8 Å². The lowest BCUT2D eigenvalue weighted by Gasteiger charge is -2.26. The summed E-state index contributed by atoms with van der Waals surface area (Å²) in [5.41, 5.74) is 1.83. The summed E-state index contributed by atoms with van der Waals surface area (Å²) in [6.07, 6.45) is 0. The van der Waals surface area contributed by atoms with E-state index in [0.29, 0.717) is 24.6 Å². The standard InChI is InChI=1S/C18H14FN5O/c19-14-7-3-1-5-12(14)11-23-18(25)24-15-8-4-2-6-13(15)16-20-9-10-22(16)17(24)21-23/h1-8H,9-11H2. The quantitative estimate of drug-likeness (QED) is 0.718. The number of rotatable bonds is 2. The van der Waals surface area contributed by atoms with Crippen molar-refractivity contribution in [3.8, 4) is 5.69 Å². The van der Waals surface area contributed by atoms with Crippen LogP contribution in [-0.4, -0.2) is 33.3 Å². The number of nitrogens with zero attached hydrogens (tertiary/aromatic N) is 5. The fourth-order valence-corrected chi connectivity index (χ4v) is 3.40. The van der Waals surface area contributed by atoms with Crippen molar-refractivity contribution >= 4 is 11.8 Å². The van der Waals surface area contributed by atoms with E-state index in [1.165, 1.54) is 10.7 Å². The lowest BCUT2D eigenvalue weighted by atomic mass is 10.1. The zero-order valence-electron chi connectivity index (χ0n) is 13.3. The molecule has 0 radical (unpaired) electrons. The Morgan fingerprint density at radius 2 is 1.88 bits per heavy atom. The van der Waals surface area contributed by atoms with Crippen LogP contribution in [0.15, 0.2) is 58.3 Å². The van der Waals surface area contributed by atoms with E-state index in [4.69, 9.17) is 0 Å². The van der Waals surface area contributed by atoms with Crippen LogP contribution in [0.1, 0.15) is 11.1 Å². The Morgan fingerprint density at radius 3 is 2.76 bits per heavy atom. The minimum absolute atomic E-state index is 0.0913. The molecule has 124 valence electrons. The number of fused-ring (bicyclic) bond motifs is 6.